The van der Waals surface area contributed by atoms with Gasteiger partial charge in [0.25, 0.3) is 0 Å². The normalized spacial score (nSPS) is 14.2. The third kappa shape index (κ3) is 2.99. The van der Waals surface area contributed by atoms with Crippen LogP contribution >= 0.6 is 34.8 Å². The molecule has 0 saturated heterocycles. The Kier molecular flexibility index (Phi) is 3.41. The van der Waals surface area contributed by atoms with Crippen LogP contribution in [0.1, 0.15) is 11.7 Å². The minimum Gasteiger partial charge on any atom is -0.384 e. The van der Waals surface area contributed by atoms with Crippen molar-refractivity contribution in [2.45, 2.75) is 9.90 Å². The molecule has 0 aromatic heterocycles. The Balaban J connectivity index is 2.96. The largest absolute Gasteiger partial charge is 0.384 e. The molecule has 0 bridgehead atoms. The molecule has 1 aromatic rings. The van der Waals surface area contributed by atoms with Gasteiger partial charge in [-0.05, 0) is 17.7 Å². The molecule has 0 amide bonds. The van der Waals surface area contributed by atoms with E-state index in [0.29, 0.717) is 0 Å². The summed E-state index contributed by atoms with van der Waals surface area (Å²) >= 11 is 16.3. The van der Waals surface area contributed by atoms with Gasteiger partial charge in [-0.3, -0.25) is 0 Å². The van der Waals surface area contributed by atoms with E-state index in [2.05, 4.69) is 0 Å². The molecular formula is C8H6Cl3FO. The summed E-state index contributed by atoms with van der Waals surface area (Å²) in [7, 11) is 0. The molecule has 0 aliphatic heterocycles. The second kappa shape index (κ2) is 4.01. The molecule has 72 valence electrons. The van der Waals surface area contributed by atoms with Crippen LogP contribution in [-0.2, 0) is 0 Å². The monoisotopic (exact) mass is 242 g/mol. The van der Waals surface area contributed by atoms with Crippen molar-refractivity contribution in [1.82, 2.24) is 0 Å². The third-order valence-corrected chi connectivity index (χ3v) is 2.09. The summed E-state index contributed by atoms with van der Waals surface area (Å²) in [6.07, 6.45) is -1.33. The molecule has 1 aromatic carbocycles. The molecule has 1 N–H and O–H groups in total. The quantitative estimate of drug-likeness (QED) is 0.751. The molecule has 0 aliphatic rings. The topological polar surface area (TPSA) is 20.2 Å². The first kappa shape index (κ1) is 11.1. The summed E-state index contributed by atoms with van der Waals surface area (Å²) in [4.78, 5) is 0. The number of benzene rings is 1. The van der Waals surface area contributed by atoms with Crippen molar-refractivity contribution in [3.8, 4) is 0 Å². The molecule has 0 radical (unpaired) electrons. The van der Waals surface area contributed by atoms with E-state index in [9.17, 15) is 9.50 Å². The second-order valence-corrected chi connectivity index (χ2v) is 4.87. The highest BCUT2D eigenvalue weighted by Gasteiger charge is 2.32. The number of hydrogen-bond donors (Lipinski definition) is 1. The maximum absolute atomic E-state index is 12.7. The predicted molar refractivity (Wildman–Crippen MR) is 51.6 cm³/mol. The Morgan fingerprint density at radius 2 is 1.92 bits per heavy atom. The van der Waals surface area contributed by atoms with Crippen molar-refractivity contribution in [1.29, 1.82) is 0 Å². The first-order valence-electron chi connectivity index (χ1n) is 3.41. The highest BCUT2D eigenvalue weighted by Crippen LogP contribution is 2.39. The summed E-state index contributed by atoms with van der Waals surface area (Å²) < 4.78 is 10.8. The standard InChI is InChI=1S/C8H6Cl3FO/c9-8(10,11)7(13)5-2-1-3-6(12)4-5/h1-4,7,13H. The Morgan fingerprint density at radius 3 is 2.38 bits per heavy atom. The second-order valence-electron chi connectivity index (χ2n) is 2.50. The zero-order valence-electron chi connectivity index (χ0n) is 6.35. The fraction of sp³-hybridized carbons (Fsp3) is 0.250. The van der Waals surface area contributed by atoms with E-state index in [0.717, 1.165) is 6.07 Å². The number of aliphatic hydroxyl groups is 1. The van der Waals surface area contributed by atoms with Gasteiger partial charge < -0.3 is 5.11 Å². The zero-order chi connectivity index (χ0) is 10.1. The van der Waals surface area contributed by atoms with E-state index < -0.39 is 15.7 Å². The number of alkyl halides is 3. The van der Waals surface area contributed by atoms with Crippen LogP contribution in [0.5, 0.6) is 0 Å². The number of rotatable bonds is 1. The lowest BCUT2D eigenvalue weighted by Gasteiger charge is -2.18. The first-order valence-corrected chi connectivity index (χ1v) is 4.55. The zero-order valence-corrected chi connectivity index (χ0v) is 8.61. The number of aliphatic hydroxyl groups excluding tert-OH is 1. The van der Waals surface area contributed by atoms with Crippen LogP contribution in [0.15, 0.2) is 24.3 Å². The van der Waals surface area contributed by atoms with Gasteiger partial charge in [0.05, 0.1) is 0 Å². The third-order valence-electron chi connectivity index (χ3n) is 1.47. The van der Waals surface area contributed by atoms with E-state index in [1.54, 1.807) is 0 Å². The maximum atomic E-state index is 12.7. The fourth-order valence-corrected chi connectivity index (χ4v) is 1.24. The van der Waals surface area contributed by atoms with Crippen LogP contribution in [0.4, 0.5) is 4.39 Å². The smallest absolute Gasteiger partial charge is 0.220 e. The van der Waals surface area contributed by atoms with Gasteiger partial charge >= 0.3 is 0 Å². The van der Waals surface area contributed by atoms with E-state index in [1.165, 1.54) is 18.2 Å². The van der Waals surface area contributed by atoms with Crippen molar-refractivity contribution in [3.05, 3.63) is 35.6 Å². The van der Waals surface area contributed by atoms with Gasteiger partial charge in [0.2, 0.25) is 3.79 Å². The van der Waals surface area contributed by atoms with Crippen LogP contribution < -0.4 is 0 Å². The van der Waals surface area contributed by atoms with Gasteiger partial charge in [0.15, 0.2) is 0 Å². The van der Waals surface area contributed by atoms with E-state index in [-0.39, 0.29) is 5.56 Å². The molecule has 1 rings (SSSR count). The molecule has 0 heterocycles. The SMILES string of the molecule is OC(c1cccc(F)c1)C(Cl)(Cl)Cl. The molecule has 0 fully saturated rings. The predicted octanol–water partition coefficient (Wildman–Crippen LogP) is 3.23. The fourth-order valence-electron chi connectivity index (χ4n) is 0.866. The minimum atomic E-state index is -1.84. The molecule has 0 spiro atoms. The molecular weight excluding hydrogens is 237 g/mol. The Hall–Kier alpha value is -0.0200. The van der Waals surface area contributed by atoms with Crippen molar-refractivity contribution in [2.75, 3.05) is 0 Å². The van der Waals surface area contributed by atoms with Crippen LogP contribution in [0.2, 0.25) is 0 Å². The molecule has 1 atom stereocenters. The first-order chi connectivity index (χ1) is 5.91. The Bertz CT molecular complexity index is 298. The highest BCUT2D eigenvalue weighted by atomic mass is 35.6. The van der Waals surface area contributed by atoms with Gasteiger partial charge in [-0.25, -0.2) is 4.39 Å². The molecule has 13 heavy (non-hydrogen) atoms. The van der Waals surface area contributed by atoms with E-state index in [1.807, 2.05) is 0 Å². The van der Waals surface area contributed by atoms with Crippen molar-refractivity contribution in [2.24, 2.45) is 0 Å². The summed E-state index contributed by atoms with van der Waals surface area (Å²) in [5.74, 6) is -0.481. The lowest BCUT2D eigenvalue weighted by Crippen LogP contribution is -2.16. The molecule has 1 unspecified atom stereocenters. The average Bonchev–Trinajstić information content (AvgIpc) is 2.01. The van der Waals surface area contributed by atoms with E-state index in [4.69, 9.17) is 34.8 Å². The lowest BCUT2D eigenvalue weighted by molar-refractivity contribution is 0.182. The van der Waals surface area contributed by atoms with Gasteiger partial charge in [-0.1, -0.05) is 46.9 Å². The Labute approximate surface area is 90.0 Å². The molecule has 0 aliphatic carbocycles. The number of halogens is 4. The van der Waals surface area contributed by atoms with Crippen LogP contribution in [0.25, 0.3) is 0 Å². The minimum absolute atomic E-state index is 0.236. The van der Waals surface area contributed by atoms with Gasteiger partial charge in [-0.2, -0.15) is 0 Å². The molecule has 0 saturated carbocycles. The summed E-state index contributed by atoms with van der Waals surface area (Å²) in [6.45, 7) is 0. The van der Waals surface area contributed by atoms with Crippen molar-refractivity contribution < 1.29 is 9.50 Å². The van der Waals surface area contributed by atoms with Crippen LogP contribution in [0, 0.1) is 5.82 Å². The molecule has 1 nitrogen and oxygen atoms in total. The van der Waals surface area contributed by atoms with Crippen molar-refractivity contribution in [3.63, 3.8) is 0 Å². The Morgan fingerprint density at radius 1 is 1.31 bits per heavy atom. The van der Waals surface area contributed by atoms with Gasteiger partial charge in [-0.15, -0.1) is 0 Å². The van der Waals surface area contributed by atoms with E-state index >= 15 is 0 Å². The summed E-state index contributed by atoms with van der Waals surface area (Å²) in [6, 6.07) is 5.28. The summed E-state index contributed by atoms with van der Waals surface area (Å²) in [5, 5.41) is 9.42. The van der Waals surface area contributed by atoms with Crippen LogP contribution in [0.3, 0.4) is 0 Å². The van der Waals surface area contributed by atoms with Gasteiger partial charge in [0.1, 0.15) is 11.9 Å². The lowest BCUT2D eigenvalue weighted by atomic mass is 10.1. The summed E-state index contributed by atoms with van der Waals surface area (Å²) in [5.41, 5.74) is 0.236. The van der Waals surface area contributed by atoms with Gasteiger partial charge in [0, 0.05) is 0 Å². The molecule has 5 heteroatoms. The van der Waals surface area contributed by atoms with Crippen LogP contribution in [-0.4, -0.2) is 8.90 Å². The average molecular weight is 243 g/mol. The number of hydrogen-bond acceptors (Lipinski definition) is 1. The maximum Gasteiger partial charge on any atom is 0.220 e. The highest BCUT2D eigenvalue weighted by molar-refractivity contribution is 6.68. The van der Waals surface area contributed by atoms with Crippen molar-refractivity contribution >= 4 is 34.8 Å².